The minimum Gasteiger partial charge on any atom is -0.307 e. The zero-order valence-electron chi connectivity index (χ0n) is 16.9. The second kappa shape index (κ2) is 8.69. The minimum atomic E-state index is 0.636. The van der Waals surface area contributed by atoms with Crippen molar-refractivity contribution in [2.75, 3.05) is 13.1 Å². The molecular formula is C25H34N2S. The van der Waals surface area contributed by atoms with Gasteiger partial charge in [-0.3, -0.25) is 4.90 Å². The number of fused-ring (bicyclic) bond motifs is 3. The topological polar surface area (TPSA) is 15.3 Å². The average molecular weight is 395 g/mol. The number of piperidine rings is 3. The summed E-state index contributed by atoms with van der Waals surface area (Å²) in [6, 6.07) is 17.3. The van der Waals surface area contributed by atoms with E-state index in [1.807, 2.05) is 11.3 Å². The molecule has 2 aromatic rings. The van der Waals surface area contributed by atoms with E-state index in [0.29, 0.717) is 18.0 Å². The van der Waals surface area contributed by atoms with Crippen LogP contribution in [0.4, 0.5) is 0 Å². The van der Waals surface area contributed by atoms with Crippen LogP contribution in [0, 0.1) is 11.8 Å². The summed E-state index contributed by atoms with van der Waals surface area (Å²) in [4.78, 5) is 4.34. The predicted molar refractivity (Wildman–Crippen MR) is 119 cm³/mol. The van der Waals surface area contributed by atoms with Gasteiger partial charge in [0.05, 0.1) is 0 Å². The Labute approximate surface area is 174 Å². The van der Waals surface area contributed by atoms with Gasteiger partial charge < -0.3 is 5.32 Å². The first-order valence-corrected chi connectivity index (χ1v) is 12.3. The Morgan fingerprint density at radius 2 is 1.71 bits per heavy atom. The molecule has 3 aliphatic heterocycles. The van der Waals surface area contributed by atoms with Gasteiger partial charge in [-0.25, -0.2) is 0 Å². The van der Waals surface area contributed by atoms with Crippen LogP contribution in [0.1, 0.15) is 61.3 Å². The quantitative estimate of drug-likeness (QED) is 0.679. The second-order valence-corrected chi connectivity index (χ2v) is 10.2. The summed E-state index contributed by atoms with van der Waals surface area (Å²) in [6.45, 7) is 3.65. The Hall–Kier alpha value is -1.16. The Morgan fingerprint density at radius 3 is 2.43 bits per heavy atom. The van der Waals surface area contributed by atoms with Gasteiger partial charge in [-0.2, -0.15) is 0 Å². The Balaban J connectivity index is 1.45. The Morgan fingerprint density at radius 1 is 0.929 bits per heavy atom. The molecule has 3 saturated heterocycles. The molecule has 1 aromatic heterocycles. The highest BCUT2D eigenvalue weighted by molar-refractivity contribution is 7.09. The van der Waals surface area contributed by atoms with Crippen molar-refractivity contribution in [2.45, 2.75) is 69.5 Å². The number of rotatable bonds is 6. The van der Waals surface area contributed by atoms with Crippen LogP contribution in [0.5, 0.6) is 0 Å². The molecule has 6 rings (SSSR count). The van der Waals surface area contributed by atoms with Crippen molar-refractivity contribution in [1.82, 2.24) is 10.2 Å². The standard InChI is InChI=1S/C25H34N2S/c1-3-8-19(9-4-1)23(20-10-5-2-6-11-20)25-24(21-13-15-27(25)16-14-21)26-18-22-12-7-17-28-22/h1,3-4,7-9,12,17,20-21,23-26H,2,5-6,10-11,13-16,18H2/t23?,24-,25+/m1/s1. The van der Waals surface area contributed by atoms with Crippen molar-refractivity contribution < 1.29 is 0 Å². The van der Waals surface area contributed by atoms with Gasteiger partial charge in [0, 0.05) is 29.4 Å². The molecule has 4 heterocycles. The highest BCUT2D eigenvalue weighted by Crippen LogP contribution is 2.46. The van der Waals surface area contributed by atoms with E-state index < -0.39 is 0 Å². The maximum absolute atomic E-state index is 4.06. The first-order valence-electron chi connectivity index (χ1n) is 11.4. The van der Waals surface area contributed by atoms with E-state index in [1.165, 1.54) is 62.9 Å². The van der Waals surface area contributed by atoms with Gasteiger partial charge in [0.2, 0.25) is 0 Å². The molecule has 1 aliphatic carbocycles. The van der Waals surface area contributed by atoms with E-state index in [9.17, 15) is 0 Å². The number of benzene rings is 1. The second-order valence-electron chi connectivity index (χ2n) is 9.18. The number of hydrogen-bond donors (Lipinski definition) is 1. The maximum atomic E-state index is 4.06. The van der Waals surface area contributed by atoms with Crippen molar-refractivity contribution in [3.8, 4) is 0 Å². The molecule has 1 saturated carbocycles. The number of thiophene rings is 1. The summed E-state index contributed by atoms with van der Waals surface area (Å²) < 4.78 is 0. The zero-order chi connectivity index (χ0) is 18.8. The van der Waals surface area contributed by atoms with E-state index in [0.717, 1.165) is 18.4 Å². The minimum absolute atomic E-state index is 0.636. The van der Waals surface area contributed by atoms with Crippen LogP contribution in [-0.4, -0.2) is 30.1 Å². The van der Waals surface area contributed by atoms with Gasteiger partial charge in [-0.05, 0) is 67.6 Å². The van der Waals surface area contributed by atoms with E-state index in [2.05, 4.69) is 58.1 Å². The van der Waals surface area contributed by atoms with Gasteiger partial charge in [-0.15, -0.1) is 11.3 Å². The Kier molecular flexibility index (Phi) is 5.85. The van der Waals surface area contributed by atoms with E-state index in [-0.39, 0.29) is 0 Å². The lowest BCUT2D eigenvalue weighted by Gasteiger charge is -2.55. The summed E-state index contributed by atoms with van der Waals surface area (Å²) in [5, 5.41) is 6.27. The smallest absolute Gasteiger partial charge is 0.0323 e. The van der Waals surface area contributed by atoms with E-state index >= 15 is 0 Å². The molecule has 0 amide bonds. The summed E-state index contributed by atoms with van der Waals surface area (Å²) >= 11 is 1.89. The van der Waals surface area contributed by atoms with Crippen molar-refractivity contribution >= 4 is 11.3 Å². The molecule has 2 nitrogen and oxygen atoms in total. The molecule has 0 spiro atoms. The number of nitrogens with one attached hydrogen (secondary N) is 1. The third-order valence-corrected chi connectivity index (χ3v) is 8.55. The number of nitrogens with zero attached hydrogens (tertiary/aromatic N) is 1. The molecule has 150 valence electrons. The first-order chi connectivity index (χ1) is 13.9. The lowest BCUT2D eigenvalue weighted by atomic mass is 9.66. The molecule has 3 atom stereocenters. The van der Waals surface area contributed by atoms with Crippen LogP contribution in [0.25, 0.3) is 0 Å². The molecule has 1 unspecified atom stereocenters. The largest absolute Gasteiger partial charge is 0.307 e. The molecule has 28 heavy (non-hydrogen) atoms. The molecule has 4 fully saturated rings. The van der Waals surface area contributed by atoms with Crippen molar-refractivity contribution in [2.24, 2.45) is 11.8 Å². The van der Waals surface area contributed by atoms with Crippen LogP contribution in [0.15, 0.2) is 47.8 Å². The summed E-state index contributed by atoms with van der Waals surface area (Å²) in [5.74, 6) is 2.39. The van der Waals surface area contributed by atoms with Gasteiger partial charge in [0.1, 0.15) is 0 Å². The third kappa shape index (κ3) is 3.81. The predicted octanol–water partition coefficient (Wildman–Crippen LogP) is 5.66. The fourth-order valence-electron chi connectivity index (χ4n) is 6.37. The number of hydrogen-bond acceptors (Lipinski definition) is 3. The van der Waals surface area contributed by atoms with Crippen molar-refractivity contribution in [3.05, 3.63) is 58.3 Å². The maximum Gasteiger partial charge on any atom is 0.0323 e. The van der Waals surface area contributed by atoms with Gasteiger partial charge in [0.25, 0.3) is 0 Å². The van der Waals surface area contributed by atoms with Crippen LogP contribution in [0.3, 0.4) is 0 Å². The Bertz CT molecular complexity index is 714. The fourth-order valence-corrected chi connectivity index (χ4v) is 7.02. The lowest BCUT2D eigenvalue weighted by Crippen LogP contribution is -2.65. The summed E-state index contributed by atoms with van der Waals surface area (Å²) in [6.07, 6.45) is 9.90. The van der Waals surface area contributed by atoms with E-state index in [4.69, 9.17) is 0 Å². The molecule has 1 aromatic carbocycles. The highest BCUT2D eigenvalue weighted by Gasteiger charge is 2.47. The SMILES string of the molecule is c1ccc(C(C2CCCCC2)[C@H]2[C@H](NCc3cccs3)C3CCN2CC3)cc1. The first kappa shape index (κ1) is 18.8. The lowest BCUT2D eigenvalue weighted by molar-refractivity contribution is -0.0143. The van der Waals surface area contributed by atoms with Gasteiger partial charge in [0.15, 0.2) is 0 Å². The average Bonchev–Trinajstić information content (AvgIpc) is 3.29. The van der Waals surface area contributed by atoms with Crippen molar-refractivity contribution in [1.29, 1.82) is 0 Å². The van der Waals surface area contributed by atoms with Crippen molar-refractivity contribution in [3.63, 3.8) is 0 Å². The molecule has 0 radical (unpaired) electrons. The monoisotopic (exact) mass is 394 g/mol. The van der Waals surface area contributed by atoms with Crippen LogP contribution >= 0.6 is 11.3 Å². The van der Waals surface area contributed by atoms with Gasteiger partial charge >= 0.3 is 0 Å². The molecule has 3 heteroatoms. The summed E-state index contributed by atoms with van der Waals surface area (Å²) in [7, 11) is 0. The summed E-state index contributed by atoms with van der Waals surface area (Å²) in [5.41, 5.74) is 1.59. The van der Waals surface area contributed by atoms with Gasteiger partial charge in [-0.1, -0.05) is 55.7 Å². The molecular weight excluding hydrogens is 360 g/mol. The van der Waals surface area contributed by atoms with Crippen LogP contribution in [-0.2, 0) is 6.54 Å². The van der Waals surface area contributed by atoms with Crippen LogP contribution in [0.2, 0.25) is 0 Å². The fraction of sp³-hybridized carbons (Fsp3) is 0.600. The normalized spacial score (nSPS) is 31.7. The zero-order valence-corrected chi connectivity index (χ0v) is 17.7. The molecule has 4 aliphatic rings. The van der Waals surface area contributed by atoms with Crippen LogP contribution < -0.4 is 5.32 Å². The van der Waals surface area contributed by atoms with E-state index in [1.54, 1.807) is 5.56 Å². The third-order valence-electron chi connectivity index (χ3n) is 7.67. The molecule has 1 N–H and O–H groups in total. The highest BCUT2D eigenvalue weighted by atomic mass is 32.1. The molecule has 2 bridgehead atoms.